The Morgan fingerprint density at radius 1 is 0.529 bits per heavy atom. The Balaban J connectivity index is 2.28. The third kappa shape index (κ3) is 6.20. The summed E-state index contributed by atoms with van der Waals surface area (Å²) >= 11 is 0. The van der Waals surface area contributed by atoms with Gasteiger partial charge in [0.25, 0.3) is 0 Å². The maximum atomic E-state index is 2.50. The number of aryl methyl sites for hydroxylation is 2. The Hall–Kier alpha value is -1.91. The highest BCUT2D eigenvalue weighted by Gasteiger charge is 2.35. The Kier molecular flexibility index (Phi) is 10.4. The highest BCUT2D eigenvalue weighted by atomic mass is 31.1. The summed E-state index contributed by atoms with van der Waals surface area (Å²) in [5, 5.41) is 4.61. The van der Waals surface area contributed by atoms with Crippen molar-refractivity contribution in [3.05, 3.63) is 89.5 Å². The Morgan fingerprint density at radius 3 is 1.32 bits per heavy atom. The molecule has 0 saturated carbocycles. The van der Waals surface area contributed by atoms with Crippen molar-refractivity contribution in [2.24, 2.45) is 0 Å². The van der Waals surface area contributed by atoms with Crippen LogP contribution in [-0.2, 0) is 5.41 Å². The number of hydrogen-bond acceptors (Lipinski definition) is 0. The van der Waals surface area contributed by atoms with E-state index < -0.39 is 7.92 Å². The second-order valence-electron chi connectivity index (χ2n) is 10.0. The predicted octanol–water partition coefficient (Wildman–Crippen LogP) is 8.87. The van der Waals surface area contributed by atoms with E-state index in [1.54, 1.807) is 10.9 Å². The van der Waals surface area contributed by atoms with Crippen molar-refractivity contribution in [1.29, 1.82) is 0 Å². The lowest BCUT2D eigenvalue weighted by Crippen LogP contribution is -2.35. The molecule has 0 bridgehead atoms. The second kappa shape index (κ2) is 13.3. The van der Waals surface area contributed by atoms with Gasteiger partial charge in [-0.2, -0.15) is 0 Å². The fourth-order valence-corrected chi connectivity index (χ4v) is 8.35. The van der Waals surface area contributed by atoms with Crippen molar-refractivity contribution in [3.8, 4) is 0 Å². The first kappa shape index (κ1) is 26.7. The molecule has 34 heavy (non-hydrogen) atoms. The van der Waals surface area contributed by atoms with Crippen molar-refractivity contribution >= 4 is 23.8 Å². The summed E-state index contributed by atoms with van der Waals surface area (Å²) in [5.74, 6) is 0. The molecule has 0 aliphatic rings. The van der Waals surface area contributed by atoms with E-state index in [4.69, 9.17) is 0 Å². The van der Waals surface area contributed by atoms with Gasteiger partial charge in [-0.05, 0) is 79.1 Å². The van der Waals surface area contributed by atoms with Gasteiger partial charge in [-0.1, -0.05) is 132 Å². The van der Waals surface area contributed by atoms with Crippen molar-refractivity contribution in [2.75, 3.05) is 0 Å². The van der Waals surface area contributed by atoms with Gasteiger partial charge >= 0.3 is 0 Å². The lowest BCUT2D eigenvalue weighted by atomic mass is 9.69. The summed E-state index contributed by atoms with van der Waals surface area (Å²) in [6, 6.07) is 27.8. The summed E-state index contributed by atoms with van der Waals surface area (Å²) in [5.41, 5.74) is 4.74. The van der Waals surface area contributed by atoms with Crippen LogP contribution in [0.5, 0.6) is 0 Å². The number of unbranched alkanes of at least 4 members (excludes halogenated alkanes) is 3. The van der Waals surface area contributed by atoms with Gasteiger partial charge in [0.15, 0.2) is 0 Å². The van der Waals surface area contributed by atoms with Gasteiger partial charge < -0.3 is 0 Å². The third-order valence-electron chi connectivity index (χ3n) is 7.46. The first-order valence-electron chi connectivity index (χ1n) is 13.6. The topological polar surface area (TPSA) is 0 Å². The van der Waals surface area contributed by atoms with E-state index in [9.17, 15) is 0 Å². The standard InChI is InChI=1S/C33H45P/c1-6-9-24-33(25-10-7-2,26-11-8-3)29-20-14-17-23-32(29)34(30-21-15-12-18-27(30)4)31-22-16-13-19-28(31)5/h12-23H,6-11,24-26H2,1-5H3. The quantitative estimate of drug-likeness (QED) is 0.218. The second-order valence-corrected chi connectivity index (χ2v) is 12.1. The number of rotatable bonds is 13. The molecule has 0 spiro atoms. The van der Waals surface area contributed by atoms with Crippen LogP contribution < -0.4 is 15.9 Å². The van der Waals surface area contributed by atoms with Gasteiger partial charge in [-0.25, -0.2) is 0 Å². The molecular formula is C33H45P. The normalized spacial score (nSPS) is 11.8. The molecule has 1 heteroatoms. The van der Waals surface area contributed by atoms with Gasteiger partial charge in [0.05, 0.1) is 0 Å². The Labute approximate surface area is 211 Å². The SMILES string of the molecule is CCCCC(CCCC)(CCCC)c1ccccc1P(c1ccccc1C)c1ccccc1C. The van der Waals surface area contributed by atoms with E-state index in [2.05, 4.69) is 107 Å². The average molecular weight is 473 g/mol. The van der Waals surface area contributed by atoms with Crippen LogP contribution in [0.25, 0.3) is 0 Å². The van der Waals surface area contributed by atoms with E-state index in [0.29, 0.717) is 0 Å². The van der Waals surface area contributed by atoms with Crippen molar-refractivity contribution < 1.29 is 0 Å². The van der Waals surface area contributed by atoms with Gasteiger partial charge in [0.2, 0.25) is 0 Å². The van der Waals surface area contributed by atoms with Crippen molar-refractivity contribution in [3.63, 3.8) is 0 Å². The lowest BCUT2D eigenvalue weighted by Gasteiger charge is -2.39. The van der Waals surface area contributed by atoms with Crippen LogP contribution in [-0.4, -0.2) is 0 Å². The molecule has 0 amide bonds. The third-order valence-corrected chi connectivity index (χ3v) is 10.3. The largest absolute Gasteiger partial charge is 0.0654 e. The molecule has 3 aromatic carbocycles. The fraction of sp³-hybridized carbons (Fsp3) is 0.455. The van der Waals surface area contributed by atoms with Gasteiger partial charge in [-0.3, -0.25) is 0 Å². The molecule has 0 heterocycles. The van der Waals surface area contributed by atoms with Crippen LogP contribution in [0.15, 0.2) is 72.8 Å². The minimum absolute atomic E-state index is 0.282. The zero-order valence-corrected chi connectivity index (χ0v) is 23.1. The maximum Gasteiger partial charge on any atom is -0.00404 e. The lowest BCUT2D eigenvalue weighted by molar-refractivity contribution is 0.311. The highest BCUT2D eigenvalue weighted by Crippen LogP contribution is 2.45. The summed E-state index contributed by atoms with van der Waals surface area (Å²) in [6.45, 7) is 11.6. The van der Waals surface area contributed by atoms with Gasteiger partial charge in [-0.15, -0.1) is 0 Å². The number of hydrogen-bond donors (Lipinski definition) is 0. The molecule has 0 unspecified atom stereocenters. The summed E-state index contributed by atoms with van der Waals surface area (Å²) in [6.07, 6.45) is 11.7. The predicted molar refractivity (Wildman–Crippen MR) is 155 cm³/mol. The summed E-state index contributed by atoms with van der Waals surface area (Å²) in [7, 11) is -0.618. The van der Waals surface area contributed by atoms with E-state index in [0.717, 1.165) is 0 Å². The molecule has 0 nitrogen and oxygen atoms in total. The molecule has 182 valence electrons. The van der Waals surface area contributed by atoms with Crippen molar-refractivity contribution in [2.45, 2.75) is 97.8 Å². The molecule has 0 atom stereocenters. The van der Waals surface area contributed by atoms with Crippen LogP contribution in [0.4, 0.5) is 0 Å². The van der Waals surface area contributed by atoms with Gasteiger partial charge in [0, 0.05) is 0 Å². The minimum atomic E-state index is -0.618. The molecule has 0 aliphatic heterocycles. The van der Waals surface area contributed by atoms with Crippen molar-refractivity contribution in [1.82, 2.24) is 0 Å². The molecule has 3 rings (SSSR count). The van der Waals surface area contributed by atoms with E-state index in [1.165, 1.54) is 79.5 Å². The molecular weight excluding hydrogens is 427 g/mol. The molecule has 0 aromatic heterocycles. The monoisotopic (exact) mass is 472 g/mol. The molecule has 0 aliphatic carbocycles. The fourth-order valence-electron chi connectivity index (χ4n) is 5.46. The zero-order chi connectivity index (χ0) is 24.4. The first-order chi connectivity index (χ1) is 16.6. The molecule has 0 fully saturated rings. The van der Waals surface area contributed by atoms with Crippen LogP contribution in [0.2, 0.25) is 0 Å². The first-order valence-corrected chi connectivity index (χ1v) is 14.9. The Morgan fingerprint density at radius 2 is 0.912 bits per heavy atom. The highest BCUT2D eigenvalue weighted by molar-refractivity contribution is 7.80. The molecule has 0 radical (unpaired) electrons. The minimum Gasteiger partial charge on any atom is -0.0654 e. The summed E-state index contributed by atoms with van der Waals surface area (Å²) < 4.78 is 0. The van der Waals surface area contributed by atoms with E-state index >= 15 is 0 Å². The van der Waals surface area contributed by atoms with Crippen LogP contribution in [0.1, 0.15) is 95.2 Å². The maximum absolute atomic E-state index is 2.50. The van der Waals surface area contributed by atoms with Crippen LogP contribution in [0, 0.1) is 13.8 Å². The van der Waals surface area contributed by atoms with E-state index in [-0.39, 0.29) is 5.41 Å². The van der Waals surface area contributed by atoms with Crippen LogP contribution in [0.3, 0.4) is 0 Å². The zero-order valence-electron chi connectivity index (χ0n) is 22.2. The van der Waals surface area contributed by atoms with Gasteiger partial charge in [0.1, 0.15) is 0 Å². The smallest absolute Gasteiger partial charge is 0.00404 e. The molecule has 0 N–H and O–H groups in total. The van der Waals surface area contributed by atoms with Crippen LogP contribution >= 0.6 is 7.92 Å². The van der Waals surface area contributed by atoms with E-state index in [1.807, 2.05) is 0 Å². The molecule has 3 aromatic rings. The molecule has 0 saturated heterocycles. The average Bonchev–Trinajstić information content (AvgIpc) is 2.86. The Bertz CT molecular complexity index is 951. The number of benzene rings is 3. The summed E-state index contributed by atoms with van der Waals surface area (Å²) in [4.78, 5) is 0.